The molecule has 0 spiro atoms. The molecule has 0 unspecified atom stereocenters. The predicted molar refractivity (Wildman–Crippen MR) is 91.5 cm³/mol. The summed E-state index contributed by atoms with van der Waals surface area (Å²) in [4.78, 5) is 23.1. The van der Waals surface area contributed by atoms with E-state index < -0.39 is 0 Å². The van der Waals surface area contributed by atoms with Gasteiger partial charge in [-0.25, -0.2) is 0 Å². The zero-order valence-corrected chi connectivity index (χ0v) is 14.0. The fourth-order valence-electron chi connectivity index (χ4n) is 2.12. The summed E-state index contributed by atoms with van der Waals surface area (Å²) in [7, 11) is 0. The Hall–Kier alpha value is -2.33. The first-order valence-corrected chi connectivity index (χ1v) is 7.55. The minimum absolute atomic E-state index is 0.0142. The number of amides is 1. The highest BCUT2D eigenvalue weighted by atomic mass is 35.5. The van der Waals surface area contributed by atoms with Gasteiger partial charge in [0.05, 0.1) is 0 Å². The van der Waals surface area contributed by atoms with Crippen molar-refractivity contribution < 1.29 is 14.3 Å². The Balaban J connectivity index is 1.93. The standard InChI is InChI=1S/C18H18ClNO3/c1-11-8-16(9-12(2)18(11)19)23-10-17(22)20-15-6-4-14(5-7-15)13(3)21/h4-9H,10H2,1-3H3,(H,20,22). The normalized spacial score (nSPS) is 10.3. The summed E-state index contributed by atoms with van der Waals surface area (Å²) in [5.74, 6) is 0.317. The number of Topliss-reactive ketones (excluding diaryl/α,β-unsaturated/α-hetero) is 1. The van der Waals surface area contributed by atoms with Gasteiger partial charge in [0.25, 0.3) is 5.91 Å². The summed E-state index contributed by atoms with van der Waals surface area (Å²) in [6.45, 7) is 5.17. The Morgan fingerprint density at radius 2 is 1.65 bits per heavy atom. The van der Waals surface area contributed by atoms with Gasteiger partial charge < -0.3 is 10.1 Å². The van der Waals surface area contributed by atoms with Crippen LogP contribution in [0.25, 0.3) is 0 Å². The van der Waals surface area contributed by atoms with Crippen LogP contribution in [0.1, 0.15) is 28.4 Å². The fraction of sp³-hybridized carbons (Fsp3) is 0.222. The topological polar surface area (TPSA) is 55.4 Å². The maximum absolute atomic E-state index is 11.9. The number of aryl methyl sites for hydroxylation is 2. The first kappa shape index (κ1) is 17.0. The second-order valence-electron chi connectivity index (χ2n) is 5.34. The third-order valence-electron chi connectivity index (χ3n) is 3.36. The Morgan fingerprint density at radius 1 is 1.09 bits per heavy atom. The molecule has 1 amide bonds. The van der Waals surface area contributed by atoms with E-state index in [1.807, 2.05) is 13.8 Å². The summed E-state index contributed by atoms with van der Waals surface area (Å²) >= 11 is 6.10. The molecule has 0 saturated carbocycles. The molecule has 5 heteroatoms. The second kappa shape index (κ2) is 7.29. The zero-order chi connectivity index (χ0) is 17.0. The fourth-order valence-corrected chi connectivity index (χ4v) is 2.23. The first-order chi connectivity index (χ1) is 10.9. The van der Waals surface area contributed by atoms with Crippen molar-refractivity contribution >= 4 is 29.0 Å². The van der Waals surface area contributed by atoms with Crippen LogP contribution in [0.3, 0.4) is 0 Å². The van der Waals surface area contributed by atoms with Crippen molar-refractivity contribution in [3.63, 3.8) is 0 Å². The van der Waals surface area contributed by atoms with E-state index in [1.54, 1.807) is 36.4 Å². The lowest BCUT2D eigenvalue weighted by molar-refractivity contribution is -0.118. The number of halogens is 1. The van der Waals surface area contributed by atoms with Gasteiger partial charge in [0.1, 0.15) is 5.75 Å². The number of benzene rings is 2. The number of rotatable bonds is 5. The molecule has 0 saturated heterocycles. The van der Waals surface area contributed by atoms with E-state index in [-0.39, 0.29) is 18.3 Å². The molecular weight excluding hydrogens is 314 g/mol. The molecule has 0 bridgehead atoms. The monoisotopic (exact) mass is 331 g/mol. The number of carbonyl (C=O) groups is 2. The highest BCUT2D eigenvalue weighted by Gasteiger charge is 2.07. The lowest BCUT2D eigenvalue weighted by Crippen LogP contribution is -2.20. The minimum Gasteiger partial charge on any atom is -0.484 e. The van der Waals surface area contributed by atoms with E-state index >= 15 is 0 Å². The van der Waals surface area contributed by atoms with E-state index in [0.29, 0.717) is 22.0 Å². The van der Waals surface area contributed by atoms with Gasteiger partial charge in [-0.15, -0.1) is 0 Å². The van der Waals surface area contributed by atoms with Crippen LogP contribution in [0.15, 0.2) is 36.4 Å². The highest BCUT2D eigenvalue weighted by molar-refractivity contribution is 6.32. The van der Waals surface area contributed by atoms with E-state index in [2.05, 4.69) is 5.32 Å². The Bertz CT molecular complexity index is 715. The van der Waals surface area contributed by atoms with Gasteiger partial charge >= 0.3 is 0 Å². The Morgan fingerprint density at radius 3 is 2.17 bits per heavy atom. The van der Waals surface area contributed by atoms with Crippen LogP contribution in [0, 0.1) is 13.8 Å². The van der Waals surface area contributed by atoms with Crippen LogP contribution in [0.5, 0.6) is 5.75 Å². The third-order valence-corrected chi connectivity index (χ3v) is 3.95. The molecule has 0 aromatic heterocycles. The summed E-state index contributed by atoms with van der Waals surface area (Å²) in [6, 6.07) is 10.3. The van der Waals surface area contributed by atoms with E-state index in [0.717, 1.165) is 11.1 Å². The number of ether oxygens (including phenoxy) is 1. The van der Waals surface area contributed by atoms with E-state index in [1.165, 1.54) is 6.92 Å². The van der Waals surface area contributed by atoms with Gasteiger partial charge in [0.2, 0.25) is 0 Å². The third kappa shape index (κ3) is 4.57. The number of hydrogen-bond donors (Lipinski definition) is 1. The average Bonchev–Trinajstić information content (AvgIpc) is 2.51. The van der Waals surface area contributed by atoms with Crippen molar-refractivity contribution in [2.24, 2.45) is 0 Å². The van der Waals surface area contributed by atoms with Crippen LogP contribution in [-0.2, 0) is 4.79 Å². The molecule has 0 fully saturated rings. The van der Waals surface area contributed by atoms with Crippen molar-refractivity contribution in [3.05, 3.63) is 58.1 Å². The molecule has 0 heterocycles. The van der Waals surface area contributed by atoms with Crippen LogP contribution < -0.4 is 10.1 Å². The van der Waals surface area contributed by atoms with Crippen LogP contribution in [0.2, 0.25) is 5.02 Å². The smallest absolute Gasteiger partial charge is 0.262 e. The van der Waals surface area contributed by atoms with E-state index in [4.69, 9.17) is 16.3 Å². The molecule has 0 aliphatic carbocycles. The van der Waals surface area contributed by atoms with Gasteiger partial charge in [-0.3, -0.25) is 9.59 Å². The summed E-state index contributed by atoms with van der Waals surface area (Å²) < 4.78 is 5.49. The minimum atomic E-state index is -0.272. The molecular formula is C18H18ClNO3. The number of nitrogens with one attached hydrogen (secondary N) is 1. The summed E-state index contributed by atoms with van der Waals surface area (Å²) in [6.07, 6.45) is 0. The molecule has 4 nitrogen and oxygen atoms in total. The Kier molecular flexibility index (Phi) is 5.40. The number of anilines is 1. The molecule has 23 heavy (non-hydrogen) atoms. The van der Waals surface area contributed by atoms with Gasteiger partial charge in [-0.1, -0.05) is 11.6 Å². The summed E-state index contributed by atoms with van der Waals surface area (Å²) in [5, 5.41) is 3.42. The quantitative estimate of drug-likeness (QED) is 0.836. The molecule has 0 atom stereocenters. The molecule has 2 aromatic carbocycles. The molecule has 2 rings (SSSR count). The average molecular weight is 332 g/mol. The maximum Gasteiger partial charge on any atom is 0.262 e. The van der Waals surface area contributed by atoms with Crippen molar-refractivity contribution in [3.8, 4) is 5.75 Å². The molecule has 2 aromatic rings. The molecule has 1 N–H and O–H groups in total. The first-order valence-electron chi connectivity index (χ1n) is 7.17. The number of carbonyl (C=O) groups excluding carboxylic acids is 2. The van der Waals surface area contributed by atoms with Crippen LogP contribution in [0.4, 0.5) is 5.69 Å². The zero-order valence-electron chi connectivity index (χ0n) is 13.3. The van der Waals surface area contributed by atoms with E-state index in [9.17, 15) is 9.59 Å². The van der Waals surface area contributed by atoms with Gasteiger partial charge in [-0.2, -0.15) is 0 Å². The van der Waals surface area contributed by atoms with Gasteiger partial charge in [0, 0.05) is 16.3 Å². The van der Waals surface area contributed by atoms with Crippen LogP contribution >= 0.6 is 11.6 Å². The lowest BCUT2D eigenvalue weighted by Gasteiger charge is -2.10. The highest BCUT2D eigenvalue weighted by Crippen LogP contribution is 2.25. The molecule has 120 valence electrons. The van der Waals surface area contributed by atoms with Crippen molar-refractivity contribution in [1.82, 2.24) is 0 Å². The van der Waals surface area contributed by atoms with Gasteiger partial charge in [-0.05, 0) is 68.3 Å². The Labute approximate surface area is 140 Å². The van der Waals surface area contributed by atoms with Crippen molar-refractivity contribution in [1.29, 1.82) is 0 Å². The van der Waals surface area contributed by atoms with Crippen molar-refractivity contribution in [2.75, 3.05) is 11.9 Å². The largest absolute Gasteiger partial charge is 0.484 e. The maximum atomic E-state index is 11.9. The second-order valence-corrected chi connectivity index (χ2v) is 5.72. The summed E-state index contributed by atoms with van der Waals surface area (Å²) in [5.41, 5.74) is 3.03. The molecule has 0 radical (unpaired) electrons. The van der Waals surface area contributed by atoms with Crippen LogP contribution in [-0.4, -0.2) is 18.3 Å². The number of ketones is 1. The molecule has 0 aliphatic rings. The van der Waals surface area contributed by atoms with Crippen molar-refractivity contribution in [2.45, 2.75) is 20.8 Å². The number of hydrogen-bond acceptors (Lipinski definition) is 3. The lowest BCUT2D eigenvalue weighted by atomic mass is 10.1. The van der Waals surface area contributed by atoms with Gasteiger partial charge in [0.15, 0.2) is 12.4 Å². The molecule has 0 aliphatic heterocycles. The SMILES string of the molecule is CC(=O)c1ccc(NC(=O)COc2cc(C)c(Cl)c(C)c2)cc1. The predicted octanol–water partition coefficient (Wildman–Crippen LogP) is 4.18.